The highest BCUT2D eigenvalue weighted by Crippen LogP contribution is 2.20. The van der Waals surface area contributed by atoms with E-state index in [4.69, 9.17) is 11.6 Å². The van der Waals surface area contributed by atoms with Gasteiger partial charge in [0.2, 0.25) is 0 Å². The van der Waals surface area contributed by atoms with Crippen LogP contribution in [0.4, 0.5) is 0 Å². The number of aliphatic hydroxyl groups is 1. The number of hydrogen-bond acceptors (Lipinski definition) is 4. The summed E-state index contributed by atoms with van der Waals surface area (Å²) in [5, 5.41) is 20.4. The fraction of sp³-hybridized carbons (Fsp3) is 0.136. The highest BCUT2D eigenvalue weighted by atomic mass is 35.5. The van der Waals surface area contributed by atoms with E-state index in [1.54, 1.807) is 48.6 Å². The predicted molar refractivity (Wildman–Crippen MR) is 111 cm³/mol. The number of rotatable bonds is 7. The minimum Gasteiger partial charge on any atom is -0.508 e. The van der Waals surface area contributed by atoms with Crippen LogP contribution in [0, 0.1) is 0 Å². The Morgan fingerprint density at radius 1 is 1.04 bits per heavy atom. The molecule has 0 aliphatic heterocycles. The maximum absolute atomic E-state index is 11.9. The van der Waals surface area contributed by atoms with Crippen LogP contribution in [0.2, 0.25) is 5.02 Å². The lowest BCUT2D eigenvalue weighted by Crippen LogP contribution is -2.10. The van der Waals surface area contributed by atoms with Gasteiger partial charge in [0.1, 0.15) is 11.5 Å². The van der Waals surface area contributed by atoms with Crippen LogP contribution in [0.25, 0.3) is 12.2 Å². The third kappa shape index (κ3) is 7.13. The Kier molecular flexibility index (Phi) is 7.41. The van der Waals surface area contributed by atoms with Gasteiger partial charge in [-0.05, 0) is 61.6 Å². The number of carbonyl (C=O) groups excluding carboxylic acids is 1. The topological polar surface area (TPSA) is 60.8 Å². The lowest BCUT2D eigenvalue weighted by Gasteiger charge is -2.11. The van der Waals surface area contributed by atoms with E-state index in [0.29, 0.717) is 11.6 Å². The smallest absolute Gasteiger partial charge is 0.182 e. The van der Waals surface area contributed by atoms with Gasteiger partial charge in [-0.2, -0.15) is 0 Å². The maximum atomic E-state index is 11.9. The van der Waals surface area contributed by atoms with Crippen molar-refractivity contribution >= 4 is 29.5 Å². The number of phenols is 1. The second kappa shape index (κ2) is 9.76. The van der Waals surface area contributed by atoms with Gasteiger partial charge < -0.3 is 15.1 Å². The SMILES string of the molecule is CN(C)Cc1cc(/C=C/C(O)=C/C(=O)/C=C/c2ccc(Cl)cc2)ccc1O. The second-order valence-electron chi connectivity index (χ2n) is 6.32. The molecule has 0 unspecified atom stereocenters. The highest BCUT2D eigenvalue weighted by molar-refractivity contribution is 6.30. The van der Waals surface area contributed by atoms with Crippen LogP contribution in [0.3, 0.4) is 0 Å². The minimum absolute atomic E-state index is 0.150. The minimum atomic E-state index is -0.328. The first-order chi connectivity index (χ1) is 12.8. The summed E-state index contributed by atoms with van der Waals surface area (Å²) in [5.41, 5.74) is 2.44. The van der Waals surface area contributed by atoms with Crippen molar-refractivity contribution in [1.82, 2.24) is 4.90 Å². The predicted octanol–water partition coefficient (Wildman–Crippen LogP) is 4.84. The van der Waals surface area contributed by atoms with Crippen molar-refractivity contribution in [3.63, 3.8) is 0 Å². The van der Waals surface area contributed by atoms with Crippen molar-refractivity contribution in [3.05, 3.63) is 88.2 Å². The quantitative estimate of drug-likeness (QED) is 0.408. The summed E-state index contributed by atoms with van der Waals surface area (Å²) < 4.78 is 0. The fourth-order valence-corrected chi connectivity index (χ4v) is 2.48. The summed E-state index contributed by atoms with van der Waals surface area (Å²) in [6, 6.07) is 12.3. The van der Waals surface area contributed by atoms with E-state index in [0.717, 1.165) is 22.8 Å². The van der Waals surface area contributed by atoms with Gasteiger partial charge in [-0.1, -0.05) is 42.0 Å². The Labute approximate surface area is 164 Å². The molecule has 0 spiro atoms. The van der Waals surface area contributed by atoms with E-state index in [1.165, 1.54) is 12.2 Å². The molecule has 4 nitrogen and oxygen atoms in total. The van der Waals surface area contributed by atoms with Crippen LogP contribution in [-0.2, 0) is 11.3 Å². The normalized spacial score (nSPS) is 12.4. The monoisotopic (exact) mass is 383 g/mol. The molecule has 0 amide bonds. The van der Waals surface area contributed by atoms with Gasteiger partial charge in [0, 0.05) is 23.2 Å². The van der Waals surface area contributed by atoms with Crippen LogP contribution in [0.15, 0.2) is 66.5 Å². The van der Waals surface area contributed by atoms with Gasteiger partial charge in [0.05, 0.1) is 0 Å². The first-order valence-electron chi connectivity index (χ1n) is 8.36. The molecule has 0 saturated carbocycles. The molecule has 0 heterocycles. The van der Waals surface area contributed by atoms with E-state index < -0.39 is 0 Å². The molecule has 2 aromatic carbocycles. The lowest BCUT2D eigenvalue weighted by atomic mass is 10.1. The Hall–Kier alpha value is -2.82. The van der Waals surface area contributed by atoms with E-state index in [2.05, 4.69) is 0 Å². The first-order valence-corrected chi connectivity index (χ1v) is 8.74. The van der Waals surface area contributed by atoms with Gasteiger partial charge >= 0.3 is 0 Å². The summed E-state index contributed by atoms with van der Waals surface area (Å²) in [4.78, 5) is 13.9. The summed E-state index contributed by atoms with van der Waals surface area (Å²) in [6.45, 7) is 0.601. The van der Waals surface area contributed by atoms with E-state index in [9.17, 15) is 15.0 Å². The molecule has 27 heavy (non-hydrogen) atoms. The van der Waals surface area contributed by atoms with Crippen LogP contribution in [0.1, 0.15) is 16.7 Å². The number of nitrogens with zero attached hydrogens (tertiary/aromatic N) is 1. The Morgan fingerprint density at radius 2 is 1.67 bits per heavy atom. The van der Waals surface area contributed by atoms with Crippen molar-refractivity contribution in [2.45, 2.75) is 6.54 Å². The molecule has 0 atom stereocenters. The molecule has 0 fully saturated rings. The highest BCUT2D eigenvalue weighted by Gasteiger charge is 2.03. The van der Waals surface area contributed by atoms with Crippen LogP contribution in [0.5, 0.6) is 5.75 Å². The van der Waals surface area contributed by atoms with Crippen LogP contribution < -0.4 is 0 Å². The van der Waals surface area contributed by atoms with Crippen molar-refractivity contribution in [2.24, 2.45) is 0 Å². The third-order valence-electron chi connectivity index (χ3n) is 3.64. The van der Waals surface area contributed by atoms with Crippen molar-refractivity contribution < 1.29 is 15.0 Å². The molecule has 0 aliphatic carbocycles. The summed E-state index contributed by atoms with van der Waals surface area (Å²) in [6.07, 6.45) is 7.30. The number of carbonyl (C=O) groups is 1. The Balaban J connectivity index is 2.03. The molecule has 0 saturated heterocycles. The van der Waals surface area contributed by atoms with E-state index in [-0.39, 0.29) is 17.3 Å². The van der Waals surface area contributed by atoms with Gasteiger partial charge in [0.25, 0.3) is 0 Å². The Bertz CT molecular complexity index is 881. The number of halogens is 1. The Morgan fingerprint density at radius 3 is 2.33 bits per heavy atom. The zero-order chi connectivity index (χ0) is 19.8. The first kappa shape index (κ1) is 20.5. The average Bonchev–Trinajstić information content (AvgIpc) is 2.61. The molecule has 140 valence electrons. The van der Waals surface area contributed by atoms with Crippen molar-refractivity contribution in [1.29, 1.82) is 0 Å². The van der Waals surface area contributed by atoms with Gasteiger partial charge in [-0.3, -0.25) is 4.79 Å². The number of ketones is 1. The molecule has 0 radical (unpaired) electrons. The van der Waals surface area contributed by atoms with Crippen LogP contribution in [-0.4, -0.2) is 35.0 Å². The van der Waals surface area contributed by atoms with Crippen LogP contribution >= 0.6 is 11.6 Å². The largest absolute Gasteiger partial charge is 0.508 e. The molecular weight excluding hydrogens is 362 g/mol. The second-order valence-corrected chi connectivity index (χ2v) is 6.75. The summed E-state index contributed by atoms with van der Waals surface area (Å²) in [7, 11) is 3.83. The molecule has 0 aromatic heterocycles. The molecule has 5 heteroatoms. The number of phenolic OH excluding ortho intramolecular Hbond substituents is 1. The molecule has 2 N–H and O–H groups in total. The average molecular weight is 384 g/mol. The number of benzene rings is 2. The van der Waals surface area contributed by atoms with Gasteiger partial charge in [0.15, 0.2) is 5.78 Å². The van der Waals surface area contributed by atoms with Crippen molar-refractivity contribution in [2.75, 3.05) is 14.1 Å². The third-order valence-corrected chi connectivity index (χ3v) is 3.89. The molecule has 2 aromatic rings. The van der Waals surface area contributed by atoms with Crippen molar-refractivity contribution in [3.8, 4) is 5.75 Å². The molecule has 2 rings (SSSR count). The fourth-order valence-electron chi connectivity index (χ4n) is 2.35. The number of aromatic hydroxyl groups is 1. The summed E-state index contributed by atoms with van der Waals surface area (Å²) >= 11 is 5.81. The number of hydrogen-bond donors (Lipinski definition) is 2. The van der Waals surface area contributed by atoms with Gasteiger partial charge in [-0.15, -0.1) is 0 Å². The number of allylic oxidation sites excluding steroid dienone is 3. The maximum Gasteiger partial charge on any atom is 0.182 e. The van der Waals surface area contributed by atoms with E-state index >= 15 is 0 Å². The number of aliphatic hydroxyl groups excluding tert-OH is 1. The lowest BCUT2D eigenvalue weighted by molar-refractivity contribution is -0.110. The zero-order valence-electron chi connectivity index (χ0n) is 15.3. The standard InChI is InChI=1S/C22H22ClNO3/c1-24(2)15-18-13-17(7-12-22(18)27)6-11-21(26)14-20(25)10-5-16-3-8-19(23)9-4-16/h3-14,26-27H,15H2,1-2H3/b10-5+,11-6+,21-14-. The van der Waals surface area contributed by atoms with E-state index in [1.807, 2.05) is 25.1 Å². The summed E-state index contributed by atoms with van der Waals surface area (Å²) in [5.74, 6) is -0.253. The van der Waals surface area contributed by atoms with Gasteiger partial charge in [-0.25, -0.2) is 0 Å². The molecule has 0 aliphatic rings. The zero-order valence-corrected chi connectivity index (χ0v) is 16.0. The molecular formula is C22H22ClNO3. The molecule has 0 bridgehead atoms.